The van der Waals surface area contributed by atoms with Crippen LogP contribution >= 0.6 is 0 Å². The van der Waals surface area contributed by atoms with E-state index < -0.39 is 11.9 Å². The average molecular weight is 383 g/mol. The molecule has 0 saturated heterocycles. The van der Waals surface area contributed by atoms with Crippen LogP contribution in [0.3, 0.4) is 0 Å². The van der Waals surface area contributed by atoms with Crippen LogP contribution in [0, 0.1) is 13.8 Å². The fourth-order valence-corrected chi connectivity index (χ4v) is 2.58. The second-order valence-electron chi connectivity index (χ2n) is 6.16. The van der Waals surface area contributed by atoms with Crippen LogP contribution < -0.4 is 10.1 Å². The van der Waals surface area contributed by atoms with Crippen LogP contribution in [0.4, 0.5) is 5.69 Å². The minimum absolute atomic E-state index is 0.0400. The van der Waals surface area contributed by atoms with Crippen LogP contribution in [-0.4, -0.2) is 38.5 Å². The molecule has 1 N–H and O–H groups in total. The van der Waals surface area contributed by atoms with Gasteiger partial charge in [-0.3, -0.25) is 9.48 Å². The number of benzene rings is 1. The Kier molecular flexibility index (Phi) is 5.44. The van der Waals surface area contributed by atoms with E-state index in [2.05, 4.69) is 15.5 Å². The van der Waals surface area contributed by atoms with Gasteiger partial charge in [-0.05, 0) is 31.5 Å². The molecule has 0 saturated carbocycles. The summed E-state index contributed by atoms with van der Waals surface area (Å²) in [5, 5.41) is 11.0. The van der Waals surface area contributed by atoms with Crippen molar-refractivity contribution >= 4 is 17.6 Å². The Morgan fingerprint density at radius 1 is 1.14 bits per heavy atom. The lowest BCUT2D eigenvalue weighted by Crippen LogP contribution is -2.17. The zero-order chi connectivity index (χ0) is 20.3. The molecule has 0 aliphatic carbocycles. The summed E-state index contributed by atoms with van der Waals surface area (Å²) in [5.41, 5.74) is 2.15. The first kappa shape index (κ1) is 19.2. The number of hydrogen-bond donors (Lipinski definition) is 1. The normalized spacial score (nSPS) is 10.6. The highest BCUT2D eigenvalue weighted by Crippen LogP contribution is 2.21. The highest BCUT2D eigenvalue weighted by atomic mass is 16.5. The molecule has 0 fully saturated rings. The summed E-state index contributed by atoms with van der Waals surface area (Å²) in [5.74, 6) is -0.343. The Morgan fingerprint density at radius 2 is 1.89 bits per heavy atom. The van der Waals surface area contributed by atoms with Crippen molar-refractivity contribution in [2.24, 2.45) is 7.05 Å². The predicted octanol–water partition coefficient (Wildman–Crippen LogP) is 2.31. The third-order valence-corrected chi connectivity index (χ3v) is 4.27. The smallest absolute Gasteiger partial charge is 0.360 e. The number of amides is 1. The Labute approximate surface area is 161 Å². The molecule has 0 spiro atoms. The number of ether oxygens (including phenoxy) is 2. The number of esters is 1. The van der Waals surface area contributed by atoms with Crippen LogP contribution in [-0.2, 0) is 18.5 Å². The summed E-state index contributed by atoms with van der Waals surface area (Å²) in [7, 11) is 2.93. The van der Waals surface area contributed by atoms with Crippen LogP contribution in [0.2, 0.25) is 0 Å². The molecule has 1 amide bonds. The number of para-hydroxylation sites is 1. The van der Waals surface area contributed by atoms with Crippen molar-refractivity contribution < 1.29 is 19.1 Å². The number of anilines is 1. The zero-order valence-corrected chi connectivity index (χ0v) is 16.1. The molecule has 0 aliphatic heterocycles. The quantitative estimate of drug-likeness (QED) is 0.656. The van der Waals surface area contributed by atoms with Crippen LogP contribution in [0.15, 0.2) is 36.5 Å². The maximum Gasteiger partial charge on any atom is 0.360 e. The van der Waals surface area contributed by atoms with E-state index in [1.807, 2.05) is 31.2 Å². The van der Waals surface area contributed by atoms with E-state index in [-0.39, 0.29) is 18.1 Å². The zero-order valence-electron chi connectivity index (χ0n) is 16.1. The second-order valence-corrected chi connectivity index (χ2v) is 6.16. The van der Waals surface area contributed by atoms with E-state index in [9.17, 15) is 9.59 Å². The Hall–Kier alpha value is -3.62. The summed E-state index contributed by atoms with van der Waals surface area (Å²) < 4.78 is 13.4. The van der Waals surface area contributed by atoms with Gasteiger partial charge in [0.2, 0.25) is 0 Å². The van der Waals surface area contributed by atoms with Crippen molar-refractivity contribution in [1.29, 1.82) is 0 Å². The molecule has 0 atom stereocenters. The summed E-state index contributed by atoms with van der Waals surface area (Å²) in [6.07, 6.45) is 1.64. The summed E-state index contributed by atoms with van der Waals surface area (Å²) in [6.45, 7) is 3.85. The van der Waals surface area contributed by atoms with Gasteiger partial charge in [0.15, 0.2) is 18.1 Å². The highest BCUT2D eigenvalue weighted by molar-refractivity contribution is 6.06. The molecule has 146 valence electrons. The van der Waals surface area contributed by atoms with Gasteiger partial charge in [0, 0.05) is 13.2 Å². The van der Waals surface area contributed by atoms with E-state index in [1.54, 1.807) is 26.2 Å². The molecular weight excluding hydrogens is 362 g/mol. The number of aryl methyl sites for hydroxylation is 2. The minimum atomic E-state index is -0.629. The molecule has 0 unspecified atom stereocenters. The molecule has 3 rings (SSSR count). The molecule has 0 aliphatic rings. The van der Waals surface area contributed by atoms with Crippen LogP contribution in [0.25, 0.3) is 0 Å². The number of aromatic nitrogens is 4. The monoisotopic (exact) mass is 383 g/mol. The van der Waals surface area contributed by atoms with Gasteiger partial charge in [-0.2, -0.15) is 10.2 Å². The van der Waals surface area contributed by atoms with Gasteiger partial charge in [0.25, 0.3) is 5.91 Å². The third-order valence-electron chi connectivity index (χ3n) is 4.27. The number of nitrogens with one attached hydrogen (secondary N) is 1. The maximum absolute atomic E-state index is 12.6. The first-order chi connectivity index (χ1) is 13.4. The number of hydrogen-bond acceptors (Lipinski definition) is 6. The molecule has 1 aromatic carbocycles. The van der Waals surface area contributed by atoms with Crippen molar-refractivity contribution in [2.45, 2.75) is 20.6 Å². The Balaban J connectivity index is 1.71. The van der Waals surface area contributed by atoms with Gasteiger partial charge in [-0.1, -0.05) is 18.2 Å². The van der Waals surface area contributed by atoms with Crippen molar-refractivity contribution in [3.05, 3.63) is 59.2 Å². The van der Waals surface area contributed by atoms with Crippen molar-refractivity contribution in [1.82, 2.24) is 19.6 Å². The molecule has 9 nitrogen and oxygen atoms in total. The van der Waals surface area contributed by atoms with Crippen LogP contribution in [0.5, 0.6) is 5.75 Å². The molecule has 28 heavy (non-hydrogen) atoms. The number of nitrogens with zero attached hydrogens (tertiary/aromatic N) is 4. The maximum atomic E-state index is 12.6. The van der Waals surface area contributed by atoms with E-state index in [1.165, 1.54) is 16.5 Å². The Morgan fingerprint density at radius 3 is 2.61 bits per heavy atom. The first-order valence-corrected chi connectivity index (χ1v) is 8.56. The molecular formula is C19H21N5O4. The molecule has 0 bridgehead atoms. The Bertz CT molecular complexity index is 1020. The first-order valence-electron chi connectivity index (χ1n) is 8.56. The van der Waals surface area contributed by atoms with E-state index in [0.29, 0.717) is 11.4 Å². The number of carbonyl (C=O) groups is 2. The number of rotatable bonds is 6. The fraction of sp³-hybridized carbons (Fsp3) is 0.263. The molecule has 9 heteroatoms. The largest absolute Gasteiger partial charge is 0.471 e. The van der Waals surface area contributed by atoms with Gasteiger partial charge >= 0.3 is 5.97 Å². The van der Waals surface area contributed by atoms with Gasteiger partial charge < -0.3 is 14.8 Å². The van der Waals surface area contributed by atoms with E-state index in [4.69, 9.17) is 9.47 Å². The summed E-state index contributed by atoms with van der Waals surface area (Å²) in [6, 6.07) is 9.21. The lowest BCUT2D eigenvalue weighted by molar-refractivity contribution is 0.0594. The van der Waals surface area contributed by atoms with Crippen molar-refractivity contribution in [3.8, 4) is 5.75 Å². The van der Waals surface area contributed by atoms with Gasteiger partial charge in [-0.25, -0.2) is 9.48 Å². The topological polar surface area (TPSA) is 100 Å². The molecule has 2 aromatic heterocycles. The molecule has 2 heterocycles. The SMILES string of the molecule is COC(=O)c1nn(C)c(C)c1NC(=O)c1ccn(COc2ccccc2C)n1. The van der Waals surface area contributed by atoms with E-state index >= 15 is 0 Å². The van der Waals surface area contributed by atoms with Gasteiger partial charge in [0.05, 0.1) is 18.5 Å². The summed E-state index contributed by atoms with van der Waals surface area (Å²) >= 11 is 0. The number of methoxy groups -OCH3 is 1. The highest BCUT2D eigenvalue weighted by Gasteiger charge is 2.23. The van der Waals surface area contributed by atoms with Crippen LogP contribution in [0.1, 0.15) is 32.2 Å². The summed E-state index contributed by atoms with van der Waals surface area (Å²) in [4.78, 5) is 24.4. The lowest BCUT2D eigenvalue weighted by Gasteiger charge is -2.08. The minimum Gasteiger partial charge on any atom is -0.471 e. The van der Waals surface area contributed by atoms with Gasteiger partial charge in [-0.15, -0.1) is 0 Å². The predicted molar refractivity (Wildman–Crippen MR) is 101 cm³/mol. The molecule has 3 aromatic rings. The van der Waals surface area contributed by atoms with Gasteiger partial charge in [0.1, 0.15) is 5.75 Å². The van der Waals surface area contributed by atoms with E-state index in [0.717, 1.165) is 11.3 Å². The standard InChI is InChI=1S/C19H21N5O4/c1-12-7-5-6-8-15(12)28-11-24-10-9-14(21-24)18(25)20-16-13(2)23(3)22-17(16)19(26)27-4/h5-10H,11H2,1-4H3,(H,20,25). The fourth-order valence-electron chi connectivity index (χ4n) is 2.58. The van der Waals surface area contributed by atoms with Crippen molar-refractivity contribution in [2.75, 3.05) is 12.4 Å². The van der Waals surface area contributed by atoms with Crippen molar-refractivity contribution in [3.63, 3.8) is 0 Å². The second kappa shape index (κ2) is 7.95. The average Bonchev–Trinajstić information content (AvgIpc) is 3.27. The lowest BCUT2D eigenvalue weighted by atomic mass is 10.2. The molecule has 0 radical (unpaired) electrons. The number of carbonyl (C=O) groups excluding carboxylic acids is 2. The third kappa shape index (κ3) is 3.88.